The number of halogens is 1. The monoisotopic (exact) mass is 478 g/mol. The molecule has 1 unspecified atom stereocenters. The number of H-pyrrole nitrogens is 1. The molecule has 2 heterocycles. The molecular formula is C24H23ClN6O3. The summed E-state index contributed by atoms with van der Waals surface area (Å²) in [5.74, 6) is 0.559. The zero-order chi connectivity index (χ0) is 24.2. The van der Waals surface area contributed by atoms with E-state index in [0.29, 0.717) is 17.2 Å². The van der Waals surface area contributed by atoms with Crippen molar-refractivity contribution in [2.24, 2.45) is 5.73 Å². The summed E-state index contributed by atoms with van der Waals surface area (Å²) in [5, 5.41) is 5.93. The van der Waals surface area contributed by atoms with Gasteiger partial charge in [-0.3, -0.25) is 14.7 Å². The second-order valence-corrected chi connectivity index (χ2v) is 8.13. The first kappa shape index (κ1) is 23.2. The van der Waals surface area contributed by atoms with Crippen molar-refractivity contribution in [3.63, 3.8) is 0 Å². The van der Waals surface area contributed by atoms with Crippen LogP contribution in [0.4, 0.5) is 0 Å². The number of nitrogens with two attached hydrogens (primary N) is 1. The Bertz CT molecular complexity index is 1430. The SMILES string of the molecule is CC(=CC(C)N)NC(=O)c1c(Cl)cccc1OCc1cc(=O)n2[nH]c(-c3ccccc3)nc2n1. The minimum atomic E-state index is -0.432. The number of allylic oxidation sites excluding steroid dienone is 1. The lowest BCUT2D eigenvalue weighted by atomic mass is 10.1. The van der Waals surface area contributed by atoms with Gasteiger partial charge in [0.15, 0.2) is 5.82 Å². The Morgan fingerprint density at radius 2 is 2.00 bits per heavy atom. The van der Waals surface area contributed by atoms with Gasteiger partial charge in [0.05, 0.1) is 10.7 Å². The number of benzene rings is 2. The number of nitrogens with zero attached hydrogens (tertiary/aromatic N) is 3. The fourth-order valence-corrected chi connectivity index (χ4v) is 3.65. The average Bonchev–Trinajstić information content (AvgIpc) is 3.22. The molecule has 0 spiro atoms. The Morgan fingerprint density at radius 1 is 1.24 bits per heavy atom. The van der Waals surface area contributed by atoms with Crippen molar-refractivity contribution in [3.8, 4) is 17.1 Å². The number of hydrogen-bond donors (Lipinski definition) is 3. The molecule has 1 atom stereocenters. The quantitative estimate of drug-likeness (QED) is 0.374. The molecule has 9 nitrogen and oxygen atoms in total. The fraction of sp³-hybridized carbons (Fsp3) is 0.167. The Kier molecular flexibility index (Phi) is 6.76. The molecular weight excluding hydrogens is 456 g/mol. The Labute approximate surface area is 200 Å². The highest BCUT2D eigenvalue weighted by atomic mass is 35.5. The minimum Gasteiger partial charge on any atom is -0.486 e. The molecule has 0 fully saturated rings. The average molecular weight is 479 g/mol. The molecule has 0 aliphatic rings. The summed E-state index contributed by atoms with van der Waals surface area (Å²) in [7, 11) is 0. The van der Waals surface area contributed by atoms with Crippen LogP contribution in [0.25, 0.3) is 17.2 Å². The number of fused-ring (bicyclic) bond motifs is 1. The molecule has 1 amide bonds. The molecule has 0 aliphatic carbocycles. The third kappa shape index (κ3) is 5.16. The Hall–Kier alpha value is -3.95. The number of amides is 1. The van der Waals surface area contributed by atoms with Gasteiger partial charge in [0.2, 0.25) is 0 Å². The predicted octanol–water partition coefficient (Wildman–Crippen LogP) is 3.30. The molecule has 0 saturated heterocycles. The lowest BCUT2D eigenvalue weighted by Crippen LogP contribution is -2.24. The van der Waals surface area contributed by atoms with Crippen LogP contribution in [0.3, 0.4) is 0 Å². The van der Waals surface area contributed by atoms with E-state index < -0.39 is 5.91 Å². The minimum absolute atomic E-state index is 0.0610. The maximum absolute atomic E-state index is 12.8. The summed E-state index contributed by atoms with van der Waals surface area (Å²) in [6, 6.07) is 15.4. The van der Waals surface area contributed by atoms with Gasteiger partial charge in [-0.05, 0) is 32.1 Å². The highest BCUT2D eigenvalue weighted by Crippen LogP contribution is 2.27. The number of rotatable bonds is 7. The molecule has 0 saturated carbocycles. The number of aromatic amines is 1. The first-order valence-electron chi connectivity index (χ1n) is 10.5. The van der Waals surface area contributed by atoms with Crippen molar-refractivity contribution in [2.45, 2.75) is 26.5 Å². The van der Waals surface area contributed by atoms with Crippen LogP contribution in [0.1, 0.15) is 29.9 Å². The van der Waals surface area contributed by atoms with Crippen LogP contribution >= 0.6 is 11.6 Å². The predicted molar refractivity (Wildman–Crippen MR) is 130 cm³/mol. The second kappa shape index (κ2) is 9.90. The van der Waals surface area contributed by atoms with E-state index in [2.05, 4.69) is 20.4 Å². The normalized spacial score (nSPS) is 12.5. The van der Waals surface area contributed by atoms with Crippen molar-refractivity contribution in [1.29, 1.82) is 0 Å². The van der Waals surface area contributed by atoms with Gasteiger partial charge in [-0.1, -0.05) is 48.0 Å². The van der Waals surface area contributed by atoms with Gasteiger partial charge in [-0.15, -0.1) is 0 Å². The van der Waals surface area contributed by atoms with Crippen molar-refractivity contribution in [2.75, 3.05) is 0 Å². The standard InChI is InChI=1S/C24H23ClN6O3/c1-14(26)11-15(2)27-23(33)21-18(25)9-6-10-19(21)34-13-17-12-20(32)31-24(28-17)29-22(30-31)16-7-4-3-5-8-16/h3-12,14H,13,26H2,1-2H3,(H,27,33)(H,28,29,30). The maximum Gasteiger partial charge on any atom is 0.274 e. The molecule has 34 heavy (non-hydrogen) atoms. The van der Waals surface area contributed by atoms with Crippen molar-refractivity contribution >= 4 is 23.3 Å². The smallest absolute Gasteiger partial charge is 0.274 e. The lowest BCUT2D eigenvalue weighted by molar-refractivity contribution is 0.0961. The van der Waals surface area contributed by atoms with Gasteiger partial charge < -0.3 is 15.8 Å². The van der Waals surface area contributed by atoms with E-state index in [0.717, 1.165) is 5.56 Å². The lowest BCUT2D eigenvalue weighted by Gasteiger charge is -2.13. The van der Waals surface area contributed by atoms with E-state index >= 15 is 0 Å². The molecule has 4 aromatic rings. The van der Waals surface area contributed by atoms with Crippen LogP contribution in [-0.2, 0) is 6.61 Å². The maximum atomic E-state index is 12.8. The highest BCUT2D eigenvalue weighted by Gasteiger charge is 2.18. The summed E-state index contributed by atoms with van der Waals surface area (Å²) in [4.78, 5) is 34.2. The van der Waals surface area contributed by atoms with E-state index in [1.807, 2.05) is 30.3 Å². The van der Waals surface area contributed by atoms with Crippen LogP contribution in [-0.4, -0.2) is 31.5 Å². The molecule has 10 heteroatoms. The summed E-state index contributed by atoms with van der Waals surface area (Å²) < 4.78 is 7.11. The van der Waals surface area contributed by atoms with Gasteiger partial charge in [-0.2, -0.15) is 9.50 Å². The highest BCUT2D eigenvalue weighted by molar-refractivity contribution is 6.34. The largest absolute Gasteiger partial charge is 0.486 e. The molecule has 174 valence electrons. The van der Waals surface area contributed by atoms with E-state index in [1.165, 1.54) is 10.6 Å². The molecule has 0 radical (unpaired) electrons. The van der Waals surface area contributed by atoms with Crippen molar-refractivity contribution in [1.82, 2.24) is 24.9 Å². The summed E-state index contributed by atoms with van der Waals surface area (Å²) in [6.07, 6.45) is 1.72. The molecule has 4 rings (SSSR count). The number of carbonyl (C=O) groups excluding carboxylic acids is 1. The summed E-state index contributed by atoms with van der Waals surface area (Å²) >= 11 is 6.29. The van der Waals surface area contributed by atoms with Gasteiger partial charge in [0.1, 0.15) is 17.9 Å². The van der Waals surface area contributed by atoms with E-state index in [1.54, 1.807) is 38.1 Å². The zero-order valence-electron chi connectivity index (χ0n) is 18.6. The van der Waals surface area contributed by atoms with Crippen LogP contribution in [0.2, 0.25) is 5.02 Å². The number of nitrogens with one attached hydrogen (secondary N) is 2. The Balaban J connectivity index is 1.58. The molecule has 4 N–H and O–H groups in total. The fourth-order valence-electron chi connectivity index (χ4n) is 3.40. The van der Waals surface area contributed by atoms with Crippen LogP contribution < -0.4 is 21.3 Å². The topological polar surface area (TPSA) is 127 Å². The van der Waals surface area contributed by atoms with Gasteiger partial charge in [0, 0.05) is 23.4 Å². The van der Waals surface area contributed by atoms with Crippen molar-refractivity contribution in [3.05, 3.63) is 93.0 Å². The number of ether oxygens (including phenoxy) is 1. The van der Waals surface area contributed by atoms with Gasteiger partial charge in [-0.25, -0.2) is 4.98 Å². The van der Waals surface area contributed by atoms with Gasteiger partial charge in [0.25, 0.3) is 17.2 Å². The second-order valence-electron chi connectivity index (χ2n) is 7.72. The van der Waals surface area contributed by atoms with E-state index in [-0.39, 0.29) is 40.3 Å². The molecule has 2 aromatic heterocycles. The Morgan fingerprint density at radius 3 is 2.74 bits per heavy atom. The number of carbonyl (C=O) groups is 1. The van der Waals surface area contributed by atoms with E-state index in [9.17, 15) is 9.59 Å². The zero-order valence-corrected chi connectivity index (χ0v) is 19.3. The first-order valence-corrected chi connectivity index (χ1v) is 10.9. The van der Waals surface area contributed by atoms with Crippen LogP contribution in [0, 0.1) is 0 Å². The van der Waals surface area contributed by atoms with Gasteiger partial charge >= 0.3 is 0 Å². The first-order chi connectivity index (χ1) is 16.3. The van der Waals surface area contributed by atoms with Crippen molar-refractivity contribution < 1.29 is 9.53 Å². The van der Waals surface area contributed by atoms with Crippen LogP contribution in [0.5, 0.6) is 5.75 Å². The van der Waals surface area contributed by atoms with E-state index in [4.69, 9.17) is 22.1 Å². The molecule has 0 bridgehead atoms. The third-order valence-electron chi connectivity index (χ3n) is 4.83. The number of hydrogen-bond acceptors (Lipinski definition) is 6. The number of aromatic nitrogens is 4. The summed E-state index contributed by atoms with van der Waals surface area (Å²) in [6.45, 7) is 3.47. The molecule has 0 aliphatic heterocycles. The third-order valence-corrected chi connectivity index (χ3v) is 5.15. The van der Waals surface area contributed by atoms with Crippen LogP contribution in [0.15, 0.2) is 71.2 Å². The summed E-state index contributed by atoms with van der Waals surface area (Å²) in [5.41, 5.74) is 7.36. The molecule has 2 aromatic carbocycles.